The SMILES string of the molecule is O=CO.c1ccc2sc(Oc3ccc4oc(CN5CCCCC5)cc4c3)nc2c1. The van der Waals surface area contributed by atoms with Crippen LogP contribution in [0.2, 0.25) is 0 Å². The number of hydrogen-bond donors (Lipinski definition) is 1. The maximum atomic E-state index is 8.36. The molecule has 0 aliphatic carbocycles. The van der Waals surface area contributed by atoms with E-state index < -0.39 is 0 Å². The number of carbonyl (C=O) groups is 1. The van der Waals surface area contributed by atoms with Crippen molar-refractivity contribution in [1.82, 2.24) is 9.88 Å². The Hall–Kier alpha value is -2.90. The minimum absolute atomic E-state index is 0.250. The number of carboxylic acid groups (broad SMARTS) is 1. The fraction of sp³-hybridized carbons (Fsp3) is 0.273. The second-order valence-corrected chi connectivity index (χ2v) is 7.90. The van der Waals surface area contributed by atoms with E-state index in [1.807, 2.05) is 36.4 Å². The molecule has 5 rings (SSSR count). The molecule has 0 radical (unpaired) electrons. The largest absolute Gasteiger partial charge is 0.483 e. The zero-order valence-electron chi connectivity index (χ0n) is 15.9. The van der Waals surface area contributed by atoms with Crippen molar-refractivity contribution in [1.29, 1.82) is 0 Å². The summed E-state index contributed by atoms with van der Waals surface area (Å²) in [5, 5.41) is 8.64. The van der Waals surface area contributed by atoms with Crippen LogP contribution in [0.25, 0.3) is 21.2 Å². The first-order valence-corrected chi connectivity index (χ1v) is 10.4. The van der Waals surface area contributed by atoms with Crippen molar-refractivity contribution in [2.45, 2.75) is 25.8 Å². The third-order valence-corrected chi connectivity index (χ3v) is 5.76. The Bertz CT molecular complexity index is 1070. The molecule has 0 bridgehead atoms. The molecule has 0 amide bonds. The lowest BCUT2D eigenvalue weighted by molar-refractivity contribution is -0.122. The molecule has 0 atom stereocenters. The van der Waals surface area contributed by atoms with Crippen molar-refractivity contribution < 1.29 is 19.1 Å². The normalized spacial score (nSPS) is 14.5. The maximum Gasteiger partial charge on any atom is 0.290 e. The predicted molar refractivity (Wildman–Crippen MR) is 114 cm³/mol. The number of ether oxygens (including phenoxy) is 1. The van der Waals surface area contributed by atoms with Gasteiger partial charge in [0.15, 0.2) is 0 Å². The van der Waals surface area contributed by atoms with Crippen molar-refractivity contribution in [3.63, 3.8) is 0 Å². The van der Waals surface area contributed by atoms with E-state index in [4.69, 9.17) is 19.1 Å². The summed E-state index contributed by atoms with van der Waals surface area (Å²) in [6.45, 7) is 2.98. The minimum Gasteiger partial charge on any atom is -0.483 e. The van der Waals surface area contributed by atoms with E-state index >= 15 is 0 Å². The van der Waals surface area contributed by atoms with Gasteiger partial charge in [-0.2, -0.15) is 0 Å². The highest BCUT2D eigenvalue weighted by Gasteiger charge is 2.14. The smallest absolute Gasteiger partial charge is 0.290 e. The van der Waals surface area contributed by atoms with E-state index in [1.165, 1.54) is 32.4 Å². The van der Waals surface area contributed by atoms with E-state index in [0.29, 0.717) is 5.19 Å². The molecular weight excluding hydrogens is 388 g/mol. The van der Waals surface area contributed by atoms with Crippen LogP contribution in [0.4, 0.5) is 0 Å². The van der Waals surface area contributed by atoms with Crippen LogP contribution in [0.1, 0.15) is 25.0 Å². The van der Waals surface area contributed by atoms with Gasteiger partial charge >= 0.3 is 0 Å². The molecule has 7 heteroatoms. The number of benzene rings is 2. The molecule has 29 heavy (non-hydrogen) atoms. The third-order valence-electron chi connectivity index (χ3n) is 4.85. The highest BCUT2D eigenvalue weighted by Crippen LogP contribution is 2.33. The summed E-state index contributed by atoms with van der Waals surface area (Å²) in [5.74, 6) is 1.82. The molecule has 2 aromatic carbocycles. The van der Waals surface area contributed by atoms with Gasteiger partial charge in [0.05, 0.1) is 16.8 Å². The van der Waals surface area contributed by atoms with Crippen molar-refractivity contribution in [2.75, 3.05) is 13.1 Å². The molecule has 1 saturated heterocycles. The van der Waals surface area contributed by atoms with E-state index in [0.717, 1.165) is 39.2 Å². The molecule has 1 aliphatic heterocycles. The van der Waals surface area contributed by atoms with E-state index in [2.05, 4.69) is 22.0 Å². The monoisotopic (exact) mass is 410 g/mol. The van der Waals surface area contributed by atoms with Gasteiger partial charge in [0.1, 0.15) is 17.1 Å². The predicted octanol–water partition coefficient (Wildman–Crippen LogP) is 5.52. The molecule has 0 spiro atoms. The Morgan fingerprint density at radius 1 is 1.14 bits per heavy atom. The Labute approximate surface area is 172 Å². The number of para-hydroxylation sites is 1. The van der Waals surface area contributed by atoms with Crippen LogP contribution in [0.3, 0.4) is 0 Å². The van der Waals surface area contributed by atoms with Gasteiger partial charge in [-0.1, -0.05) is 29.9 Å². The lowest BCUT2D eigenvalue weighted by Gasteiger charge is -2.25. The standard InChI is InChI=1S/C21H20N2O2S.CH2O2/c1-4-10-23(11-5-1)14-17-13-15-12-16(8-9-19(15)24-17)25-21-22-18-6-2-3-7-20(18)26-21;2-1-3/h2-3,6-9,12-13H,1,4-5,10-11,14H2;1H,(H,2,3). The van der Waals surface area contributed by atoms with Crippen molar-refractivity contribution >= 4 is 39.0 Å². The lowest BCUT2D eigenvalue weighted by atomic mass is 10.1. The minimum atomic E-state index is -0.250. The number of fused-ring (bicyclic) bond motifs is 2. The first-order chi connectivity index (χ1) is 14.2. The number of aromatic nitrogens is 1. The van der Waals surface area contributed by atoms with Gasteiger partial charge in [0, 0.05) is 5.39 Å². The van der Waals surface area contributed by atoms with Gasteiger partial charge in [-0.3, -0.25) is 9.69 Å². The zero-order valence-corrected chi connectivity index (χ0v) is 16.7. The van der Waals surface area contributed by atoms with Gasteiger partial charge in [0.25, 0.3) is 11.7 Å². The van der Waals surface area contributed by atoms with Gasteiger partial charge in [-0.15, -0.1) is 0 Å². The summed E-state index contributed by atoms with van der Waals surface area (Å²) < 4.78 is 13.1. The van der Waals surface area contributed by atoms with Crippen LogP contribution in [0.5, 0.6) is 10.9 Å². The van der Waals surface area contributed by atoms with Crippen LogP contribution in [-0.2, 0) is 11.3 Å². The molecule has 1 aliphatic rings. The molecule has 3 heterocycles. The zero-order chi connectivity index (χ0) is 20.1. The van der Waals surface area contributed by atoms with E-state index in [1.54, 1.807) is 11.3 Å². The molecule has 4 aromatic rings. The fourth-order valence-electron chi connectivity index (χ4n) is 3.55. The van der Waals surface area contributed by atoms with E-state index in [9.17, 15) is 0 Å². The van der Waals surface area contributed by atoms with Crippen molar-refractivity contribution in [3.8, 4) is 10.9 Å². The number of furan rings is 1. The first-order valence-electron chi connectivity index (χ1n) is 9.61. The molecule has 150 valence electrons. The van der Waals surface area contributed by atoms with Crippen LogP contribution < -0.4 is 4.74 Å². The summed E-state index contributed by atoms with van der Waals surface area (Å²) in [7, 11) is 0. The summed E-state index contributed by atoms with van der Waals surface area (Å²) in [4.78, 5) is 15.4. The highest BCUT2D eigenvalue weighted by atomic mass is 32.1. The number of hydrogen-bond acceptors (Lipinski definition) is 6. The number of rotatable bonds is 4. The third kappa shape index (κ3) is 4.75. The van der Waals surface area contributed by atoms with Crippen LogP contribution in [0.15, 0.2) is 52.9 Å². The second kappa shape index (κ2) is 9.07. The van der Waals surface area contributed by atoms with Gasteiger partial charge < -0.3 is 14.3 Å². The average molecular weight is 410 g/mol. The molecule has 0 saturated carbocycles. The second-order valence-electron chi connectivity index (χ2n) is 6.90. The number of piperidine rings is 1. The molecule has 6 nitrogen and oxygen atoms in total. The Morgan fingerprint density at radius 2 is 1.93 bits per heavy atom. The summed E-state index contributed by atoms with van der Waals surface area (Å²) in [6.07, 6.45) is 3.93. The van der Waals surface area contributed by atoms with Gasteiger partial charge in [-0.25, -0.2) is 4.98 Å². The lowest BCUT2D eigenvalue weighted by Crippen LogP contribution is -2.28. The summed E-state index contributed by atoms with van der Waals surface area (Å²) in [6, 6.07) is 16.2. The highest BCUT2D eigenvalue weighted by molar-refractivity contribution is 7.20. The van der Waals surface area contributed by atoms with Crippen LogP contribution >= 0.6 is 11.3 Å². The van der Waals surface area contributed by atoms with Crippen molar-refractivity contribution in [2.24, 2.45) is 0 Å². The number of thiazole rings is 1. The molecule has 1 N–H and O–H groups in total. The van der Waals surface area contributed by atoms with Crippen LogP contribution in [0, 0.1) is 0 Å². The molecule has 2 aromatic heterocycles. The number of likely N-dealkylation sites (tertiary alicyclic amines) is 1. The first kappa shape index (κ1) is 19.4. The topological polar surface area (TPSA) is 75.8 Å². The fourth-order valence-corrected chi connectivity index (χ4v) is 4.39. The van der Waals surface area contributed by atoms with Crippen molar-refractivity contribution in [3.05, 3.63) is 54.3 Å². The summed E-state index contributed by atoms with van der Waals surface area (Å²) >= 11 is 1.56. The van der Waals surface area contributed by atoms with E-state index in [-0.39, 0.29) is 6.47 Å². The Kier molecular flexibility index (Phi) is 6.07. The Morgan fingerprint density at radius 3 is 2.72 bits per heavy atom. The maximum absolute atomic E-state index is 8.36. The quantitative estimate of drug-likeness (QED) is 0.446. The number of nitrogens with zero attached hydrogens (tertiary/aromatic N) is 2. The molecule has 0 unspecified atom stereocenters. The van der Waals surface area contributed by atoms with Gasteiger partial charge in [-0.05, 0) is 62.3 Å². The van der Waals surface area contributed by atoms with Gasteiger partial charge in [0.2, 0.25) is 0 Å². The Balaban J connectivity index is 0.000000645. The van der Waals surface area contributed by atoms with Crippen LogP contribution in [-0.4, -0.2) is 34.6 Å². The molecule has 1 fully saturated rings. The summed E-state index contributed by atoms with van der Waals surface area (Å²) in [5.41, 5.74) is 1.88. The molecular formula is C22H22N2O4S. The average Bonchev–Trinajstić information content (AvgIpc) is 3.31.